The third-order valence-corrected chi connectivity index (χ3v) is 3.42. The Morgan fingerprint density at radius 3 is 1.59 bits per heavy atom. The Morgan fingerprint density at radius 2 is 1.27 bits per heavy atom. The van der Waals surface area contributed by atoms with Gasteiger partial charge in [0.15, 0.2) is 0 Å². The fourth-order valence-electron chi connectivity index (χ4n) is 1.18. The van der Waals surface area contributed by atoms with Gasteiger partial charge in [-0.05, 0) is 0 Å². The van der Waals surface area contributed by atoms with Crippen LogP contribution >= 0.6 is 23.5 Å². The third-order valence-electron chi connectivity index (χ3n) is 1.87. The van der Waals surface area contributed by atoms with Crippen LogP contribution in [0.2, 0.25) is 0 Å². The maximum atomic E-state index is 10.8. The van der Waals surface area contributed by atoms with E-state index in [-0.39, 0.29) is 0 Å². The van der Waals surface area contributed by atoms with Gasteiger partial charge in [0.05, 0.1) is 13.2 Å². The second-order valence-corrected chi connectivity index (χ2v) is 7.35. The minimum absolute atomic E-state index is 1.18. The number of phosphoric ester groups is 3. The lowest BCUT2D eigenvalue weighted by atomic mass is 10.1. The molecule has 0 saturated carbocycles. The van der Waals surface area contributed by atoms with Crippen molar-refractivity contribution in [2.45, 2.75) is 18.3 Å². The molecule has 0 aromatic carbocycles. The Morgan fingerprint density at radius 1 is 0.818 bits per heavy atom. The van der Waals surface area contributed by atoms with Crippen molar-refractivity contribution >= 4 is 23.5 Å². The van der Waals surface area contributed by atoms with Gasteiger partial charge in [0, 0.05) is 0 Å². The smallest absolute Gasteiger partial charge is 0.394 e. The van der Waals surface area contributed by atoms with E-state index in [1.165, 1.54) is 0 Å². The summed E-state index contributed by atoms with van der Waals surface area (Å²) in [5.74, 6) is 0. The van der Waals surface area contributed by atoms with E-state index in [1.807, 2.05) is 0 Å². The van der Waals surface area contributed by atoms with Crippen LogP contribution < -0.4 is 0 Å². The summed E-state index contributed by atoms with van der Waals surface area (Å²) in [6.45, 7) is -2.50. The highest BCUT2D eigenvalue weighted by molar-refractivity contribution is 7.47. The molecule has 0 aliphatic heterocycles. The maximum Gasteiger partial charge on any atom is 0.470 e. The molecule has 0 aliphatic rings. The van der Waals surface area contributed by atoms with Crippen LogP contribution in [0.15, 0.2) is 0 Å². The van der Waals surface area contributed by atoms with Gasteiger partial charge >= 0.3 is 23.5 Å². The first-order chi connectivity index (χ1) is 9.64. The van der Waals surface area contributed by atoms with Crippen molar-refractivity contribution < 1.29 is 66.8 Å². The molecule has 0 fully saturated rings. The van der Waals surface area contributed by atoms with Crippen molar-refractivity contribution in [3.8, 4) is 0 Å². The summed E-state index contributed by atoms with van der Waals surface area (Å²) in [5.41, 5.74) is 0. The Bertz CT molecular complexity index is 473. The summed E-state index contributed by atoms with van der Waals surface area (Å²) in [5, 5.41) is 18.1. The van der Waals surface area contributed by atoms with Crippen molar-refractivity contribution in [1.29, 1.82) is 0 Å². The van der Waals surface area contributed by atoms with Crippen LogP contribution in [0.1, 0.15) is 0 Å². The van der Waals surface area contributed by atoms with Gasteiger partial charge in [-0.2, -0.15) is 0 Å². The Kier molecular flexibility index (Phi) is 8.47. The summed E-state index contributed by atoms with van der Waals surface area (Å²) in [4.78, 5) is 51.7. The topological polar surface area (TPSA) is 241 Å². The van der Waals surface area contributed by atoms with E-state index < -0.39 is 55.0 Å². The molecule has 0 aromatic heterocycles. The molecule has 0 amide bonds. The van der Waals surface area contributed by atoms with Gasteiger partial charge in [-0.1, -0.05) is 0 Å². The summed E-state index contributed by atoms with van der Waals surface area (Å²) in [7, 11) is -15.8. The Hall–Kier alpha value is 0.250. The van der Waals surface area contributed by atoms with Crippen molar-refractivity contribution in [2.24, 2.45) is 0 Å². The highest BCUT2D eigenvalue weighted by Gasteiger charge is 2.40. The molecule has 14 nitrogen and oxygen atoms in total. The van der Waals surface area contributed by atoms with Gasteiger partial charge < -0.3 is 39.6 Å². The van der Waals surface area contributed by atoms with Gasteiger partial charge in [0.1, 0.15) is 18.3 Å². The van der Waals surface area contributed by atoms with Crippen molar-refractivity contribution in [1.82, 2.24) is 0 Å². The van der Waals surface area contributed by atoms with Crippen LogP contribution in [-0.2, 0) is 27.3 Å². The second kappa shape index (κ2) is 8.38. The van der Waals surface area contributed by atoms with E-state index in [9.17, 15) is 18.8 Å². The minimum Gasteiger partial charge on any atom is -0.394 e. The van der Waals surface area contributed by atoms with E-state index >= 15 is 0 Å². The van der Waals surface area contributed by atoms with E-state index in [2.05, 4.69) is 13.6 Å². The molecule has 134 valence electrons. The van der Waals surface area contributed by atoms with E-state index in [0.29, 0.717) is 0 Å². The maximum absolute atomic E-state index is 10.8. The Balaban J connectivity index is 5.38. The van der Waals surface area contributed by atoms with E-state index in [4.69, 9.17) is 34.5 Å². The van der Waals surface area contributed by atoms with Crippen molar-refractivity contribution in [2.75, 3.05) is 13.2 Å². The third kappa shape index (κ3) is 10.9. The van der Waals surface area contributed by atoms with Crippen molar-refractivity contribution in [3.63, 3.8) is 0 Å². The number of aliphatic hydroxyl groups is 2. The lowest BCUT2D eigenvalue weighted by Crippen LogP contribution is -2.44. The van der Waals surface area contributed by atoms with E-state index in [1.54, 1.807) is 0 Å². The highest BCUT2D eigenvalue weighted by Crippen LogP contribution is 2.45. The molecular weight excluding hydrogens is 377 g/mol. The molecule has 0 aromatic rings. The largest absolute Gasteiger partial charge is 0.470 e. The number of rotatable bonds is 10. The van der Waals surface area contributed by atoms with Gasteiger partial charge in [-0.15, -0.1) is 0 Å². The lowest BCUT2D eigenvalue weighted by Gasteiger charge is -2.29. The molecule has 3 atom stereocenters. The average Bonchev–Trinajstić information content (AvgIpc) is 2.27. The molecule has 0 radical (unpaired) electrons. The zero-order valence-electron chi connectivity index (χ0n) is 10.5. The van der Waals surface area contributed by atoms with Crippen LogP contribution in [0.25, 0.3) is 0 Å². The Labute approximate surface area is 123 Å². The fourth-order valence-corrected chi connectivity index (χ4v) is 2.65. The molecule has 8 N–H and O–H groups in total. The predicted molar refractivity (Wildman–Crippen MR) is 64.9 cm³/mol. The van der Waals surface area contributed by atoms with Crippen LogP contribution in [-0.4, -0.2) is 71.1 Å². The van der Waals surface area contributed by atoms with Crippen LogP contribution in [0.3, 0.4) is 0 Å². The SMILES string of the molecule is O=P(O)(O)OC[C@H](OP(=O)(O)O)[C@@H](OP(=O)(O)O)[C@H](O)CO. The summed E-state index contributed by atoms with van der Waals surface area (Å²) >= 11 is 0. The second-order valence-electron chi connectivity index (χ2n) is 3.73. The van der Waals surface area contributed by atoms with Gasteiger partial charge in [0.2, 0.25) is 0 Å². The lowest BCUT2D eigenvalue weighted by molar-refractivity contribution is -0.0826. The first-order valence-electron chi connectivity index (χ1n) is 5.11. The zero-order valence-corrected chi connectivity index (χ0v) is 13.2. The zero-order chi connectivity index (χ0) is 17.8. The number of hydrogen-bond donors (Lipinski definition) is 8. The molecular formula is C5H15O14P3. The summed E-state index contributed by atoms with van der Waals surface area (Å²) in [6, 6.07) is 0. The molecule has 0 unspecified atom stereocenters. The molecule has 0 bridgehead atoms. The molecule has 0 heterocycles. The molecule has 0 rings (SSSR count). The summed E-state index contributed by atoms with van der Waals surface area (Å²) < 4.78 is 44.1. The highest BCUT2D eigenvalue weighted by atomic mass is 31.2. The van der Waals surface area contributed by atoms with Gasteiger partial charge in [0.25, 0.3) is 0 Å². The number of hydrogen-bond acceptors (Lipinski definition) is 8. The van der Waals surface area contributed by atoms with Gasteiger partial charge in [-0.3, -0.25) is 13.6 Å². The average molecular weight is 392 g/mol. The van der Waals surface area contributed by atoms with Crippen LogP contribution in [0.4, 0.5) is 0 Å². The molecule has 17 heteroatoms. The molecule has 22 heavy (non-hydrogen) atoms. The number of aliphatic hydroxyl groups excluding tert-OH is 2. The first kappa shape index (κ1) is 22.2. The quantitative estimate of drug-likeness (QED) is 0.178. The molecule has 0 saturated heterocycles. The molecule has 0 aliphatic carbocycles. The predicted octanol–water partition coefficient (Wildman–Crippen LogP) is -2.60. The first-order valence-corrected chi connectivity index (χ1v) is 9.70. The normalized spacial score (nSPS) is 18.0. The van der Waals surface area contributed by atoms with Gasteiger partial charge in [-0.25, -0.2) is 13.7 Å². The molecule has 0 spiro atoms. The number of phosphoric acid groups is 3. The van der Waals surface area contributed by atoms with Crippen LogP contribution in [0, 0.1) is 0 Å². The summed E-state index contributed by atoms with van der Waals surface area (Å²) in [6.07, 6.45) is -6.63. The van der Waals surface area contributed by atoms with E-state index in [0.717, 1.165) is 0 Å². The fraction of sp³-hybridized carbons (Fsp3) is 1.00. The van der Waals surface area contributed by atoms with Crippen LogP contribution in [0.5, 0.6) is 0 Å². The monoisotopic (exact) mass is 392 g/mol. The van der Waals surface area contributed by atoms with Crippen molar-refractivity contribution in [3.05, 3.63) is 0 Å². The minimum atomic E-state index is -5.33. The standard InChI is InChI=1S/C5H15O14P3/c6-1-3(7)5(19-22(14,15)16)4(18-21(11,12)13)2-17-20(8,9)10/h3-7H,1-2H2,(H2,8,9,10)(H2,11,12,13)(H2,14,15,16)/t3-,4+,5+/m1/s1.